The molecule has 110 valence electrons. The number of amides is 1. The lowest BCUT2D eigenvalue weighted by Gasteiger charge is -2.35. The monoisotopic (exact) mass is 330 g/mol. The van der Waals surface area contributed by atoms with E-state index in [0.29, 0.717) is 5.92 Å². The van der Waals surface area contributed by atoms with Gasteiger partial charge in [0.15, 0.2) is 0 Å². The molecule has 19 heavy (non-hydrogen) atoms. The first-order valence-electron chi connectivity index (χ1n) is 7.73. The number of halogens is 1. The molecule has 1 amide bonds. The van der Waals surface area contributed by atoms with Crippen LogP contribution in [0.2, 0.25) is 0 Å². The average Bonchev–Trinajstić information content (AvgIpc) is 2.90. The number of carbonyl (C=O) groups is 1. The molecule has 2 saturated heterocycles. The lowest BCUT2D eigenvalue weighted by molar-refractivity contribution is -0.132. The fourth-order valence-electron chi connectivity index (χ4n) is 3.13. The highest BCUT2D eigenvalue weighted by molar-refractivity contribution is 9.10. The van der Waals surface area contributed by atoms with Crippen LogP contribution in [-0.2, 0) is 4.79 Å². The van der Waals surface area contributed by atoms with E-state index < -0.39 is 0 Å². The van der Waals surface area contributed by atoms with Crippen LogP contribution in [-0.4, -0.2) is 53.3 Å². The minimum absolute atomic E-state index is 0.0115. The molecular weight excluding hydrogens is 304 g/mol. The number of likely N-dealkylation sites (tertiary alicyclic amines) is 2. The summed E-state index contributed by atoms with van der Waals surface area (Å²) in [6, 6.07) is 0. The summed E-state index contributed by atoms with van der Waals surface area (Å²) in [5.41, 5.74) is 0. The molecule has 2 aliphatic heterocycles. The molecule has 0 aromatic carbocycles. The van der Waals surface area contributed by atoms with Gasteiger partial charge in [-0.25, -0.2) is 0 Å². The molecule has 0 spiro atoms. The molecular formula is C15H27BrN2O. The lowest BCUT2D eigenvalue weighted by atomic mass is 9.95. The van der Waals surface area contributed by atoms with Crippen molar-refractivity contribution in [3.63, 3.8) is 0 Å². The second-order valence-corrected chi connectivity index (χ2v) is 7.41. The van der Waals surface area contributed by atoms with Crippen LogP contribution in [0.15, 0.2) is 0 Å². The third kappa shape index (κ3) is 4.19. The van der Waals surface area contributed by atoms with E-state index >= 15 is 0 Å². The first-order chi connectivity index (χ1) is 9.08. The summed E-state index contributed by atoms with van der Waals surface area (Å²) in [7, 11) is 0. The normalized spacial score (nSPS) is 24.1. The van der Waals surface area contributed by atoms with Gasteiger partial charge in [-0.1, -0.05) is 29.8 Å². The predicted molar refractivity (Wildman–Crippen MR) is 82.5 cm³/mol. The van der Waals surface area contributed by atoms with Crippen molar-refractivity contribution in [3.05, 3.63) is 0 Å². The molecule has 1 unspecified atom stereocenters. The average molecular weight is 331 g/mol. The molecule has 0 bridgehead atoms. The van der Waals surface area contributed by atoms with Crippen molar-refractivity contribution in [2.75, 3.05) is 32.7 Å². The van der Waals surface area contributed by atoms with Crippen LogP contribution in [0.4, 0.5) is 0 Å². The first-order valence-corrected chi connectivity index (χ1v) is 8.64. The number of hydrogen-bond donors (Lipinski definition) is 0. The smallest absolute Gasteiger partial charge is 0.236 e. The third-order valence-corrected chi connectivity index (χ3v) is 5.91. The Balaban J connectivity index is 1.74. The molecule has 2 aliphatic rings. The van der Waals surface area contributed by atoms with Crippen molar-refractivity contribution in [3.8, 4) is 0 Å². The van der Waals surface area contributed by atoms with E-state index in [4.69, 9.17) is 0 Å². The van der Waals surface area contributed by atoms with Gasteiger partial charge in [0.2, 0.25) is 5.91 Å². The molecule has 1 atom stereocenters. The maximum atomic E-state index is 12.3. The Labute approximate surface area is 125 Å². The van der Waals surface area contributed by atoms with Crippen LogP contribution in [0.5, 0.6) is 0 Å². The number of alkyl halides is 1. The molecule has 0 N–H and O–H groups in total. The van der Waals surface area contributed by atoms with Gasteiger partial charge in [-0.3, -0.25) is 4.79 Å². The van der Waals surface area contributed by atoms with E-state index in [9.17, 15) is 4.79 Å². The molecule has 0 saturated carbocycles. The summed E-state index contributed by atoms with van der Waals surface area (Å²) in [6.45, 7) is 9.92. The molecule has 2 fully saturated rings. The van der Waals surface area contributed by atoms with Crippen LogP contribution >= 0.6 is 15.9 Å². The molecule has 2 rings (SSSR count). The zero-order chi connectivity index (χ0) is 13.8. The summed E-state index contributed by atoms with van der Waals surface area (Å²) in [4.78, 5) is 16.9. The number of nitrogens with zero attached hydrogens (tertiary/aromatic N) is 2. The zero-order valence-electron chi connectivity index (χ0n) is 12.3. The van der Waals surface area contributed by atoms with Crippen molar-refractivity contribution in [1.29, 1.82) is 0 Å². The van der Waals surface area contributed by atoms with E-state index in [2.05, 4.69) is 39.6 Å². The summed E-state index contributed by atoms with van der Waals surface area (Å²) >= 11 is 3.53. The number of hydrogen-bond acceptors (Lipinski definition) is 2. The molecule has 3 nitrogen and oxygen atoms in total. The minimum Gasteiger partial charge on any atom is -0.342 e. The van der Waals surface area contributed by atoms with E-state index in [1.807, 2.05) is 0 Å². The summed E-state index contributed by atoms with van der Waals surface area (Å²) in [6.07, 6.45) is 5.11. The molecule has 0 radical (unpaired) electrons. The van der Waals surface area contributed by atoms with Crippen LogP contribution < -0.4 is 0 Å². The van der Waals surface area contributed by atoms with E-state index in [-0.39, 0.29) is 10.7 Å². The quantitative estimate of drug-likeness (QED) is 0.740. The van der Waals surface area contributed by atoms with Crippen LogP contribution in [0.3, 0.4) is 0 Å². The van der Waals surface area contributed by atoms with Crippen molar-refractivity contribution in [1.82, 2.24) is 9.80 Å². The standard InChI is InChI=1S/C15H27BrN2O/c1-12(2)14(16)15(19)18-9-5-13(6-10-18)11-17-7-3-4-8-17/h12-14H,3-11H2,1-2H3. The van der Waals surface area contributed by atoms with E-state index in [0.717, 1.165) is 19.0 Å². The molecule has 0 aromatic rings. The fourth-order valence-corrected chi connectivity index (χ4v) is 3.42. The Morgan fingerprint density at radius 3 is 2.26 bits per heavy atom. The highest BCUT2D eigenvalue weighted by Gasteiger charge is 2.29. The van der Waals surface area contributed by atoms with Gasteiger partial charge in [0, 0.05) is 19.6 Å². The van der Waals surface area contributed by atoms with Crippen molar-refractivity contribution >= 4 is 21.8 Å². The number of rotatable bonds is 4. The maximum absolute atomic E-state index is 12.3. The Morgan fingerprint density at radius 2 is 1.74 bits per heavy atom. The fraction of sp³-hybridized carbons (Fsp3) is 0.933. The van der Waals surface area contributed by atoms with Crippen molar-refractivity contribution in [2.45, 2.75) is 44.4 Å². The van der Waals surface area contributed by atoms with Gasteiger partial charge in [0.25, 0.3) is 0 Å². The van der Waals surface area contributed by atoms with Gasteiger partial charge in [-0.2, -0.15) is 0 Å². The second-order valence-electron chi connectivity index (χ2n) is 6.42. The Morgan fingerprint density at radius 1 is 1.16 bits per heavy atom. The largest absolute Gasteiger partial charge is 0.342 e. The molecule has 4 heteroatoms. The topological polar surface area (TPSA) is 23.6 Å². The van der Waals surface area contributed by atoms with Gasteiger partial charge in [0.05, 0.1) is 4.83 Å². The third-order valence-electron chi connectivity index (χ3n) is 4.46. The minimum atomic E-state index is -0.0115. The lowest BCUT2D eigenvalue weighted by Crippen LogP contribution is -2.45. The van der Waals surface area contributed by atoms with Gasteiger partial charge < -0.3 is 9.80 Å². The number of carbonyl (C=O) groups excluding carboxylic acids is 1. The van der Waals surface area contributed by atoms with E-state index in [1.54, 1.807) is 0 Å². The Hall–Kier alpha value is -0.0900. The summed E-state index contributed by atoms with van der Waals surface area (Å²) < 4.78 is 0. The van der Waals surface area contributed by atoms with Crippen LogP contribution in [0.25, 0.3) is 0 Å². The van der Waals surface area contributed by atoms with Gasteiger partial charge >= 0.3 is 0 Å². The van der Waals surface area contributed by atoms with Gasteiger partial charge in [0.1, 0.15) is 0 Å². The molecule has 0 aliphatic carbocycles. The highest BCUT2D eigenvalue weighted by atomic mass is 79.9. The first kappa shape index (κ1) is 15.3. The van der Waals surface area contributed by atoms with Gasteiger partial charge in [-0.05, 0) is 50.6 Å². The van der Waals surface area contributed by atoms with Crippen LogP contribution in [0.1, 0.15) is 39.5 Å². The van der Waals surface area contributed by atoms with E-state index in [1.165, 1.54) is 45.3 Å². The summed E-state index contributed by atoms with van der Waals surface area (Å²) in [5, 5.41) is 0. The van der Waals surface area contributed by atoms with Crippen molar-refractivity contribution in [2.24, 2.45) is 11.8 Å². The molecule has 0 aromatic heterocycles. The SMILES string of the molecule is CC(C)C(Br)C(=O)N1CCC(CN2CCCC2)CC1. The predicted octanol–water partition coefficient (Wildman–Crippen LogP) is 2.74. The highest BCUT2D eigenvalue weighted by Crippen LogP contribution is 2.23. The van der Waals surface area contributed by atoms with Gasteiger partial charge in [-0.15, -0.1) is 0 Å². The Bertz CT molecular complexity index is 295. The summed E-state index contributed by atoms with van der Waals surface area (Å²) in [5.74, 6) is 1.46. The zero-order valence-corrected chi connectivity index (χ0v) is 13.9. The maximum Gasteiger partial charge on any atom is 0.236 e. The number of piperidine rings is 1. The Kier molecular flexibility index (Phi) is 5.70. The van der Waals surface area contributed by atoms with Crippen molar-refractivity contribution < 1.29 is 4.79 Å². The molecule has 2 heterocycles. The van der Waals surface area contributed by atoms with Crippen LogP contribution in [0, 0.1) is 11.8 Å². The second kappa shape index (κ2) is 7.07.